The van der Waals surface area contributed by atoms with Gasteiger partial charge in [0.1, 0.15) is 7.85 Å². The van der Waals surface area contributed by atoms with Gasteiger partial charge in [0.05, 0.1) is 13.2 Å². The number of hydrogen-bond acceptors (Lipinski definition) is 2. The summed E-state index contributed by atoms with van der Waals surface area (Å²) < 4.78 is 6.95. The molecule has 1 heterocycles. The molecule has 112 valence electrons. The smallest absolute Gasteiger partial charge is 0.113 e. The normalized spacial score (nSPS) is 21.1. The predicted octanol–water partition coefficient (Wildman–Crippen LogP) is 2.76. The van der Waals surface area contributed by atoms with Gasteiger partial charge in [-0.25, -0.2) is 0 Å². The van der Waals surface area contributed by atoms with Crippen LogP contribution in [0.5, 0.6) is 0 Å². The highest BCUT2D eigenvalue weighted by Gasteiger charge is 2.28. The Bertz CT molecular complexity index is 599. The number of hydrogen-bond donors (Lipinski definition) is 1. The van der Waals surface area contributed by atoms with E-state index in [-0.39, 0.29) is 0 Å². The number of rotatable bonds is 5. The highest BCUT2D eigenvalue weighted by molar-refractivity contribution is 9.10. The molecule has 1 unspecified atom stereocenters. The van der Waals surface area contributed by atoms with Crippen molar-refractivity contribution in [3.63, 3.8) is 0 Å². The fourth-order valence-corrected chi connectivity index (χ4v) is 3.64. The Labute approximate surface area is 141 Å². The molecule has 3 rings (SSSR count). The number of ether oxygens (including phenoxy) is 1. The van der Waals surface area contributed by atoms with E-state index in [1.165, 1.54) is 5.56 Å². The van der Waals surface area contributed by atoms with Gasteiger partial charge in [-0.3, -0.25) is 0 Å². The number of nitrogens with one attached hydrogen (secondary N) is 1. The summed E-state index contributed by atoms with van der Waals surface area (Å²) in [7, 11) is 5.86. The van der Waals surface area contributed by atoms with Crippen LogP contribution in [-0.2, 0) is 11.3 Å². The van der Waals surface area contributed by atoms with Crippen molar-refractivity contribution in [2.45, 2.75) is 12.5 Å². The molecule has 0 aromatic heterocycles. The van der Waals surface area contributed by atoms with Crippen molar-refractivity contribution in [1.82, 2.24) is 5.32 Å². The topological polar surface area (TPSA) is 21.3 Å². The second-order valence-corrected chi connectivity index (χ2v) is 6.76. The minimum Gasteiger partial charge on any atom is -0.376 e. The van der Waals surface area contributed by atoms with Gasteiger partial charge in [-0.1, -0.05) is 63.9 Å². The van der Waals surface area contributed by atoms with Gasteiger partial charge in [0.2, 0.25) is 0 Å². The zero-order valence-electron chi connectivity index (χ0n) is 12.5. The van der Waals surface area contributed by atoms with E-state index in [4.69, 9.17) is 12.6 Å². The molecule has 1 aliphatic rings. The summed E-state index contributed by atoms with van der Waals surface area (Å²) >= 11 is 3.47. The summed E-state index contributed by atoms with van der Waals surface area (Å²) in [5.41, 5.74) is 3.26. The summed E-state index contributed by atoms with van der Waals surface area (Å²) in [6.07, 6.45) is 0. The van der Waals surface area contributed by atoms with Crippen molar-refractivity contribution in [2.24, 2.45) is 5.92 Å². The largest absolute Gasteiger partial charge is 0.376 e. The fraction of sp³-hybridized carbons (Fsp3) is 0.333. The monoisotopic (exact) mass is 355 g/mol. The first-order chi connectivity index (χ1) is 10.7. The van der Waals surface area contributed by atoms with E-state index >= 15 is 0 Å². The average molecular weight is 356 g/mol. The van der Waals surface area contributed by atoms with Crippen molar-refractivity contribution in [3.8, 4) is 0 Å². The van der Waals surface area contributed by atoms with E-state index in [0.29, 0.717) is 18.4 Å². The first-order valence-corrected chi connectivity index (χ1v) is 8.40. The molecule has 1 aliphatic heterocycles. The highest BCUT2D eigenvalue weighted by atomic mass is 79.9. The van der Waals surface area contributed by atoms with E-state index in [0.717, 1.165) is 35.2 Å². The van der Waals surface area contributed by atoms with Gasteiger partial charge in [0, 0.05) is 29.4 Å². The van der Waals surface area contributed by atoms with Crippen LogP contribution in [0.3, 0.4) is 0 Å². The average Bonchev–Trinajstić information content (AvgIpc) is 2.96. The molecule has 2 aromatic rings. The van der Waals surface area contributed by atoms with Gasteiger partial charge in [-0.15, -0.1) is 0 Å². The summed E-state index contributed by atoms with van der Waals surface area (Å²) in [6.45, 7) is 3.41. The Balaban J connectivity index is 1.56. The van der Waals surface area contributed by atoms with Crippen molar-refractivity contribution >= 4 is 29.2 Å². The van der Waals surface area contributed by atoms with Crippen LogP contribution in [0, 0.1) is 5.92 Å². The van der Waals surface area contributed by atoms with Gasteiger partial charge in [-0.05, 0) is 17.2 Å². The molecule has 0 aliphatic carbocycles. The lowest BCUT2D eigenvalue weighted by molar-refractivity contribution is 0.0877. The number of benzene rings is 2. The Morgan fingerprint density at radius 3 is 2.73 bits per heavy atom. The van der Waals surface area contributed by atoms with Crippen LogP contribution in [0.25, 0.3) is 0 Å². The molecule has 22 heavy (non-hydrogen) atoms. The molecule has 2 aromatic carbocycles. The van der Waals surface area contributed by atoms with E-state index < -0.39 is 0 Å². The molecule has 1 N–H and O–H groups in total. The molecule has 0 bridgehead atoms. The van der Waals surface area contributed by atoms with Gasteiger partial charge < -0.3 is 10.1 Å². The third-order valence-corrected chi connectivity index (χ3v) is 4.61. The quantitative estimate of drug-likeness (QED) is 0.832. The Morgan fingerprint density at radius 2 is 1.95 bits per heavy atom. The van der Waals surface area contributed by atoms with Crippen LogP contribution in [0.15, 0.2) is 53.0 Å². The zero-order chi connectivity index (χ0) is 15.4. The molecule has 0 saturated carbocycles. The standard InChI is InChI=1S/C18H19BBrNO/c19-16-6-13(7-17(20)8-16)11-22-12-15-9-21-10-18(15)14-4-2-1-3-5-14/h1-8,15,18,21H,9-12H2/t15-,18?/m1/s1. The molecule has 1 fully saturated rings. The minimum absolute atomic E-state index is 0.520. The van der Waals surface area contributed by atoms with Crippen molar-refractivity contribution < 1.29 is 4.74 Å². The van der Waals surface area contributed by atoms with Crippen molar-refractivity contribution in [2.75, 3.05) is 19.7 Å². The van der Waals surface area contributed by atoms with Crippen LogP contribution in [0.4, 0.5) is 0 Å². The Hall–Kier alpha value is -1.10. The molecule has 4 heteroatoms. The molecule has 2 nitrogen and oxygen atoms in total. The maximum Gasteiger partial charge on any atom is 0.113 e. The fourth-order valence-electron chi connectivity index (χ4n) is 3.09. The van der Waals surface area contributed by atoms with Crippen LogP contribution < -0.4 is 10.8 Å². The summed E-state index contributed by atoms with van der Waals surface area (Å²) in [5, 5.41) is 3.48. The second kappa shape index (κ2) is 7.45. The first kappa shape index (κ1) is 15.8. The van der Waals surface area contributed by atoms with Gasteiger partial charge in [0.15, 0.2) is 0 Å². The summed E-state index contributed by atoms with van der Waals surface area (Å²) in [5.74, 6) is 1.06. The van der Waals surface area contributed by atoms with Crippen LogP contribution >= 0.6 is 15.9 Å². The Kier molecular flexibility index (Phi) is 5.34. The molecule has 0 spiro atoms. The third-order valence-electron chi connectivity index (χ3n) is 4.15. The zero-order valence-corrected chi connectivity index (χ0v) is 14.1. The lowest BCUT2D eigenvalue weighted by Crippen LogP contribution is -2.17. The highest BCUT2D eigenvalue weighted by Crippen LogP contribution is 2.28. The molecule has 2 radical (unpaired) electrons. The lowest BCUT2D eigenvalue weighted by Gasteiger charge is -2.19. The third kappa shape index (κ3) is 4.00. The Morgan fingerprint density at radius 1 is 1.14 bits per heavy atom. The predicted molar refractivity (Wildman–Crippen MR) is 94.7 cm³/mol. The van der Waals surface area contributed by atoms with Crippen LogP contribution in [0.2, 0.25) is 0 Å². The van der Waals surface area contributed by atoms with Crippen LogP contribution in [0.1, 0.15) is 17.0 Å². The molecule has 0 amide bonds. The molecule has 1 saturated heterocycles. The van der Waals surface area contributed by atoms with E-state index in [9.17, 15) is 0 Å². The second-order valence-electron chi connectivity index (χ2n) is 5.84. The van der Waals surface area contributed by atoms with Crippen molar-refractivity contribution in [3.05, 3.63) is 64.1 Å². The van der Waals surface area contributed by atoms with Crippen LogP contribution in [-0.4, -0.2) is 27.5 Å². The summed E-state index contributed by atoms with van der Waals surface area (Å²) in [6, 6.07) is 16.6. The lowest BCUT2D eigenvalue weighted by atomic mass is 9.89. The summed E-state index contributed by atoms with van der Waals surface area (Å²) in [4.78, 5) is 0. The van der Waals surface area contributed by atoms with E-state index in [1.54, 1.807) is 0 Å². The van der Waals surface area contributed by atoms with Gasteiger partial charge >= 0.3 is 0 Å². The molecular weight excluding hydrogens is 337 g/mol. The SMILES string of the molecule is [B]c1cc(Br)cc(COC[C@H]2CNCC2c2ccccc2)c1. The van der Waals surface area contributed by atoms with E-state index in [1.807, 2.05) is 12.1 Å². The van der Waals surface area contributed by atoms with E-state index in [2.05, 4.69) is 57.6 Å². The maximum atomic E-state index is 5.95. The van der Waals surface area contributed by atoms with Gasteiger partial charge in [-0.2, -0.15) is 0 Å². The molecular formula is C18H19BBrNO. The van der Waals surface area contributed by atoms with Gasteiger partial charge in [0.25, 0.3) is 0 Å². The van der Waals surface area contributed by atoms with Crippen molar-refractivity contribution in [1.29, 1.82) is 0 Å². The first-order valence-electron chi connectivity index (χ1n) is 7.61. The maximum absolute atomic E-state index is 5.95. The minimum atomic E-state index is 0.520. The number of halogens is 1. The molecule has 2 atom stereocenters.